The Morgan fingerprint density at radius 2 is 2.00 bits per heavy atom. The number of rotatable bonds is 3. The highest BCUT2D eigenvalue weighted by atomic mass is 32.1. The Morgan fingerprint density at radius 3 is 2.36 bits per heavy atom. The molecular formula is C11H20N2S. The lowest BCUT2D eigenvalue weighted by Crippen LogP contribution is -2.43. The standard InChI is InChI=1S/C11H20N2S/c1-7(2)11(5,12)6-10-13-8(3)9(4)14-10/h7H,6,12H2,1-5H3. The molecule has 0 spiro atoms. The van der Waals surface area contributed by atoms with E-state index in [-0.39, 0.29) is 5.54 Å². The van der Waals surface area contributed by atoms with Crippen LogP contribution in [0.15, 0.2) is 0 Å². The van der Waals surface area contributed by atoms with Gasteiger partial charge >= 0.3 is 0 Å². The Balaban J connectivity index is 2.78. The molecule has 14 heavy (non-hydrogen) atoms. The molecule has 0 saturated heterocycles. The fraction of sp³-hybridized carbons (Fsp3) is 0.727. The molecule has 0 radical (unpaired) electrons. The van der Waals surface area contributed by atoms with Crippen molar-refractivity contribution in [3.63, 3.8) is 0 Å². The minimum atomic E-state index is -0.142. The summed E-state index contributed by atoms with van der Waals surface area (Å²) in [6.07, 6.45) is 0.879. The first-order valence-electron chi connectivity index (χ1n) is 5.04. The lowest BCUT2D eigenvalue weighted by molar-refractivity contribution is 0.337. The molecule has 1 aromatic heterocycles. The highest BCUT2D eigenvalue weighted by Gasteiger charge is 2.24. The summed E-state index contributed by atoms with van der Waals surface area (Å²) in [6, 6.07) is 0. The Kier molecular flexibility index (Phi) is 3.32. The van der Waals surface area contributed by atoms with Crippen molar-refractivity contribution in [3.05, 3.63) is 15.6 Å². The van der Waals surface area contributed by atoms with Gasteiger partial charge in [0.25, 0.3) is 0 Å². The highest BCUT2D eigenvalue weighted by Crippen LogP contribution is 2.23. The van der Waals surface area contributed by atoms with Crippen LogP contribution in [0.3, 0.4) is 0 Å². The maximum Gasteiger partial charge on any atom is 0.0949 e. The van der Waals surface area contributed by atoms with Gasteiger partial charge in [-0.1, -0.05) is 13.8 Å². The van der Waals surface area contributed by atoms with Crippen molar-refractivity contribution in [2.75, 3.05) is 0 Å². The topological polar surface area (TPSA) is 38.9 Å². The average Bonchev–Trinajstić information content (AvgIpc) is 2.29. The Labute approximate surface area is 90.6 Å². The molecule has 3 heteroatoms. The van der Waals surface area contributed by atoms with E-state index in [0.717, 1.165) is 12.1 Å². The fourth-order valence-corrected chi connectivity index (χ4v) is 2.26. The molecule has 0 amide bonds. The van der Waals surface area contributed by atoms with E-state index < -0.39 is 0 Å². The lowest BCUT2D eigenvalue weighted by atomic mass is 9.87. The second kappa shape index (κ2) is 3.99. The van der Waals surface area contributed by atoms with Gasteiger partial charge < -0.3 is 5.73 Å². The van der Waals surface area contributed by atoms with Gasteiger partial charge in [-0.05, 0) is 26.7 Å². The van der Waals surface area contributed by atoms with Crippen molar-refractivity contribution >= 4 is 11.3 Å². The van der Waals surface area contributed by atoms with Crippen LogP contribution in [0.25, 0.3) is 0 Å². The number of nitrogens with two attached hydrogens (primary N) is 1. The Hall–Kier alpha value is -0.410. The zero-order valence-corrected chi connectivity index (χ0v) is 10.5. The molecule has 0 aliphatic heterocycles. The normalized spacial score (nSPS) is 15.9. The van der Waals surface area contributed by atoms with Crippen molar-refractivity contribution in [2.24, 2.45) is 11.7 Å². The van der Waals surface area contributed by atoms with E-state index in [1.165, 1.54) is 9.88 Å². The van der Waals surface area contributed by atoms with Crippen molar-refractivity contribution in [1.29, 1.82) is 0 Å². The number of aryl methyl sites for hydroxylation is 2. The Bertz CT molecular complexity index is 294. The van der Waals surface area contributed by atoms with Crippen LogP contribution in [-0.2, 0) is 6.42 Å². The summed E-state index contributed by atoms with van der Waals surface area (Å²) in [5.74, 6) is 0.479. The quantitative estimate of drug-likeness (QED) is 0.836. The summed E-state index contributed by atoms with van der Waals surface area (Å²) in [5, 5.41) is 1.17. The lowest BCUT2D eigenvalue weighted by Gasteiger charge is -2.27. The van der Waals surface area contributed by atoms with Crippen LogP contribution in [0.1, 0.15) is 36.3 Å². The molecule has 1 aromatic rings. The van der Waals surface area contributed by atoms with E-state index in [4.69, 9.17) is 5.73 Å². The van der Waals surface area contributed by atoms with Crippen LogP contribution in [0.5, 0.6) is 0 Å². The van der Waals surface area contributed by atoms with E-state index in [1.54, 1.807) is 11.3 Å². The van der Waals surface area contributed by atoms with Crippen LogP contribution in [-0.4, -0.2) is 10.5 Å². The first-order chi connectivity index (χ1) is 6.33. The molecule has 80 valence electrons. The minimum Gasteiger partial charge on any atom is -0.325 e. The maximum atomic E-state index is 6.22. The molecule has 0 fully saturated rings. The van der Waals surface area contributed by atoms with Crippen molar-refractivity contribution < 1.29 is 0 Å². The van der Waals surface area contributed by atoms with E-state index in [1.807, 2.05) is 0 Å². The summed E-state index contributed by atoms with van der Waals surface area (Å²) in [6.45, 7) is 10.6. The summed E-state index contributed by atoms with van der Waals surface area (Å²) in [4.78, 5) is 5.82. The second-order valence-corrected chi connectivity index (χ2v) is 5.87. The molecule has 1 atom stereocenters. The highest BCUT2D eigenvalue weighted by molar-refractivity contribution is 7.11. The van der Waals surface area contributed by atoms with Gasteiger partial charge in [-0.15, -0.1) is 11.3 Å². The molecule has 0 aliphatic rings. The fourth-order valence-electron chi connectivity index (χ4n) is 1.14. The van der Waals surface area contributed by atoms with Gasteiger partial charge in [0.05, 0.1) is 10.7 Å². The molecule has 1 unspecified atom stereocenters. The van der Waals surface area contributed by atoms with Gasteiger partial charge in [0.15, 0.2) is 0 Å². The van der Waals surface area contributed by atoms with Gasteiger partial charge in [-0.3, -0.25) is 0 Å². The van der Waals surface area contributed by atoms with Gasteiger partial charge in [0.2, 0.25) is 0 Å². The van der Waals surface area contributed by atoms with Crippen LogP contribution in [0, 0.1) is 19.8 Å². The third kappa shape index (κ3) is 2.55. The molecule has 2 nitrogen and oxygen atoms in total. The number of aromatic nitrogens is 1. The maximum absolute atomic E-state index is 6.22. The summed E-state index contributed by atoms with van der Waals surface area (Å²) >= 11 is 1.77. The van der Waals surface area contributed by atoms with Crippen molar-refractivity contribution in [2.45, 2.75) is 46.6 Å². The molecule has 1 heterocycles. The predicted molar refractivity (Wildman–Crippen MR) is 62.7 cm³/mol. The Morgan fingerprint density at radius 1 is 1.43 bits per heavy atom. The van der Waals surface area contributed by atoms with Gasteiger partial charge in [-0.25, -0.2) is 4.98 Å². The third-order valence-electron chi connectivity index (χ3n) is 2.92. The summed E-state index contributed by atoms with van der Waals surface area (Å²) in [5.41, 5.74) is 7.22. The first kappa shape index (κ1) is 11.7. The number of hydrogen-bond donors (Lipinski definition) is 1. The van der Waals surface area contributed by atoms with Crippen molar-refractivity contribution in [1.82, 2.24) is 4.98 Å². The van der Waals surface area contributed by atoms with Crippen LogP contribution < -0.4 is 5.73 Å². The molecule has 0 aromatic carbocycles. The zero-order chi connectivity index (χ0) is 10.9. The largest absolute Gasteiger partial charge is 0.325 e. The summed E-state index contributed by atoms with van der Waals surface area (Å²) in [7, 11) is 0. The molecule has 0 bridgehead atoms. The molecular weight excluding hydrogens is 192 g/mol. The van der Waals surface area contributed by atoms with E-state index >= 15 is 0 Å². The molecule has 2 N–H and O–H groups in total. The summed E-state index contributed by atoms with van der Waals surface area (Å²) < 4.78 is 0. The van der Waals surface area contributed by atoms with E-state index in [9.17, 15) is 0 Å². The van der Waals surface area contributed by atoms with Gasteiger partial charge in [0, 0.05) is 16.8 Å². The van der Waals surface area contributed by atoms with Crippen LogP contribution in [0.2, 0.25) is 0 Å². The van der Waals surface area contributed by atoms with E-state index in [0.29, 0.717) is 5.92 Å². The molecule has 0 saturated carbocycles. The van der Waals surface area contributed by atoms with Gasteiger partial charge in [-0.2, -0.15) is 0 Å². The van der Waals surface area contributed by atoms with E-state index in [2.05, 4.69) is 39.6 Å². The number of thiazole rings is 1. The minimum absolute atomic E-state index is 0.142. The van der Waals surface area contributed by atoms with Crippen LogP contribution >= 0.6 is 11.3 Å². The number of nitrogens with zero attached hydrogens (tertiary/aromatic N) is 1. The monoisotopic (exact) mass is 212 g/mol. The molecule has 0 aliphatic carbocycles. The second-order valence-electron chi connectivity index (χ2n) is 4.59. The SMILES string of the molecule is Cc1nc(CC(C)(N)C(C)C)sc1C. The first-order valence-corrected chi connectivity index (χ1v) is 5.86. The van der Waals surface area contributed by atoms with Crippen molar-refractivity contribution in [3.8, 4) is 0 Å². The molecule has 1 rings (SSSR count). The third-order valence-corrected chi connectivity index (χ3v) is 4.00. The predicted octanol–water partition coefficient (Wildman–Crippen LogP) is 2.68. The zero-order valence-electron chi connectivity index (χ0n) is 9.72. The number of hydrogen-bond acceptors (Lipinski definition) is 3. The smallest absolute Gasteiger partial charge is 0.0949 e. The van der Waals surface area contributed by atoms with Crippen LogP contribution in [0.4, 0.5) is 0 Å². The average molecular weight is 212 g/mol. The van der Waals surface area contributed by atoms with Gasteiger partial charge in [0.1, 0.15) is 0 Å².